The van der Waals surface area contributed by atoms with Gasteiger partial charge in [0.25, 0.3) is 0 Å². The van der Waals surface area contributed by atoms with E-state index >= 15 is 0 Å². The van der Waals surface area contributed by atoms with Crippen LogP contribution in [0.25, 0.3) is 0 Å². The average Bonchev–Trinajstić information content (AvgIpc) is 1.88. The molecular formula is C7H10N2. The molecule has 0 aromatic carbocycles. The molecule has 0 saturated heterocycles. The van der Waals surface area contributed by atoms with E-state index in [0.29, 0.717) is 0 Å². The normalized spacial score (nSPS) is 9.56. The molecule has 0 amide bonds. The van der Waals surface area contributed by atoms with Crippen molar-refractivity contribution >= 4 is 5.82 Å². The Morgan fingerprint density at radius 1 is 1.67 bits per heavy atom. The van der Waals surface area contributed by atoms with E-state index < -0.39 is 0 Å². The topological polar surface area (TPSA) is 29.5 Å². The van der Waals surface area contributed by atoms with Gasteiger partial charge in [-0.3, -0.25) is 0 Å². The van der Waals surface area contributed by atoms with E-state index in [-0.39, 0.29) is 0 Å². The molecule has 0 aliphatic heterocycles. The van der Waals surface area contributed by atoms with Crippen molar-refractivity contribution in [3.8, 4) is 0 Å². The highest BCUT2D eigenvalue weighted by Crippen LogP contribution is 1.97. The first-order valence-electron chi connectivity index (χ1n) is 2.88. The lowest BCUT2D eigenvalue weighted by molar-refractivity contribution is -0.508. The van der Waals surface area contributed by atoms with Crippen molar-refractivity contribution in [3.05, 3.63) is 30.9 Å². The van der Waals surface area contributed by atoms with Gasteiger partial charge in [-0.15, -0.1) is 7.05 Å². The standard InChI is InChI=1S/C7H10N2/c1-6-3-4-9-7(5-6)8-2/h3-5H,2,8H2,1H3. The second-order valence-corrected chi connectivity index (χ2v) is 1.96. The molecule has 0 fully saturated rings. The predicted molar refractivity (Wildman–Crippen MR) is 35.9 cm³/mol. The molecule has 0 spiro atoms. The number of rotatable bonds is 1. The van der Waals surface area contributed by atoms with Crippen molar-refractivity contribution in [2.45, 2.75) is 6.92 Å². The van der Waals surface area contributed by atoms with Crippen LogP contribution in [0.4, 0.5) is 5.82 Å². The van der Waals surface area contributed by atoms with Gasteiger partial charge in [-0.2, -0.15) is 0 Å². The van der Waals surface area contributed by atoms with Gasteiger partial charge in [0.2, 0.25) is 0 Å². The second-order valence-electron chi connectivity index (χ2n) is 1.96. The SMILES string of the molecule is [CH2-][NH2+]c1cc(C)ccn1. The molecule has 1 aromatic rings. The Bertz CT molecular complexity index is 196. The lowest BCUT2D eigenvalue weighted by atomic mass is 10.3. The molecule has 0 atom stereocenters. The molecular weight excluding hydrogens is 112 g/mol. The smallest absolute Gasteiger partial charge is 0.197 e. The Kier molecular flexibility index (Phi) is 1.80. The molecule has 0 bridgehead atoms. The number of quaternary nitrogens is 1. The molecule has 1 aromatic heterocycles. The molecule has 2 heteroatoms. The van der Waals surface area contributed by atoms with Crippen LogP contribution in [0.15, 0.2) is 18.3 Å². The molecule has 0 unspecified atom stereocenters. The summed E-state index contributed by atoms with van der Waals surface area (Å²) in [6, 6.07) is 3.96. The quantitative estimate of drug-likeness (QED) is 0.536. The van der Waals surface area contributed by atoms with Crippen LogP contribution in [-0.4, -0.2) is 4.98 Å². The fourth-order valence-electron chi connectivity index (χ4n) is 0.671. The van der Waals surface area contributed by atoms with Crippen molar-refractivity contribution < 1.29 is 5.32 Å². The van der Waals surface area contributed by atoms with E-state index in [1.807, 2.05) is 19.1 Å². The van der Waals surface area contributed by atoms with E-state index in [9.17, 15) is 0 Å². The first-order chi connectivity index (χ1) is 4.33. The van der Waals surface area contributed by atoms with Crippen LogP contribution in [-0.2, 0) is 0 Å². The maximum Gasteiger partial charge on any atom is 0.197 e. The summed E-state index contributed by atoms with van der Waals surface area (Å²) >= 11 is 0. The van der Waals surface area contributed by atoms with Gasteiger partial charge >= 0.3 is 0 Å². The van der Waals surface area contributed by atoms with Crippen molar-refractivity contribution in [3.63, 3.8) is 0 Å². The molecule has 2 nitrogen and oxygen atoms in total. The average molecular weight is 122 g/mol. The summed E-state index contributed by atoms with van der Waals surface area (Å²) in [7, 11) is 3.61. The highest BCUT2D eigenvalue weighted by molar-refractivity contribution is 5.22. The predicted octanol–water partition coefficient (Wildman–Crippen LogP) is 0.377. The van der Waals surface area contributed by atoms with Gasteiger partial charge in [0.05, 0.1) is 0 Å². The van der Waals surface area contributed by atoms with Crippen molar-refractivity contribution in [2.24, 2.45) is 0 Å². The van der Waals surface area contributed by atoms with Gasteiger partial charge in [0, 0.05) is 12.3 Å². The van der Waals surface area contributed by atoms with Crippen molar-refractivity contribution in [1.29, 1.82) is 0 Å². The van der Waals surface area contributed by atoms with E-state index in [1.165, 1.54) is 5.56 Å². The number of hydrogen-bond donors (Lipinski definition) is 1. The number of hydrogen-bond acceptors (Lipinski definition) is 1. The molecule has 0 aliphatic rings. The highest BCUT2D eigenvalue weighted by Gasteiger charge is 1.88. The lowest BCUT2D eigenvalue weighted by Gasteiger charge is -1.96. The second kappa shape index (κ2) is 2.60. The Labute approximate surface area is 54.9 Å². The van der Waals surface area contributed by atoms with Crippen LogP contribution in [0, 0.1) is 14.0 Å². The minimum atomic E-state index is 0.940. The third-order valence-electron chi connectivity index (χ3n) is 1.15. The molecule has 0 saturated carbocycles. The van der Waals surface area contributed by atoms with E-state index in [1.54, 1.807) is 11.5 Å². The maximum absolute atomic E-state index is 4.04. The number of pyridine rings is 1. The summed E-state index contributed by atoms with van der Waals surface area (Å²) < 4.78 is 0. The van der Waals surface area contributed by atoms with Crippen LogP contribution >= 0.6 is 0 Å². The lowest BCUT2D eigenvalue weighted by Crippen LogP contribution is -2.70. The van der Waals surface area contributed by atoms with E-state index in [2.05, 4.69) is 12.0 Å². The Hall–Kier alpha value is -0.890. The van der Waals surface area contributed by atoms with Crippen LogP contribution in [0.5, 0.6) is 0 Å². The monoisotopic (exact) mass is 122 g/mol. The first-order valence-corrected chi connectivity index (χ1v) is 2.88. The van der Waals surface area contributed by atoms with Gasteiger partial charge in [-0.1, -0.05) is 0 Å². The fourth-order valence-corrected chi connectivity index (χ4v) is 0.671. The van der Waals surface area contributed by atoms with Crippen LogP contribution < -0.4 is 5.32 Å². The molecule has 1 rings (SSSR count). The zero-order chi connectivity index (χ0) is 6.69. The fraction of sp³-hybridized carbons (Fsp3) is 0.143. The van der Waals surface area contributed by atoms with Crippen molar-refractivity contribution in [1.82, 2.24) is 4.98 Å². The van der Waals surface area contributed by atoms with E-state index in [0.717, 1.165) is 5.82 Å². The molecule has 48 valence electrons. The van der Waals surface area contributed by atoms with Gasteiger partial charge in [-0.25, -0.2) is 4.98 Å². The highest BCUT2D eigenvalue weighted by atomic mass is 14.9. The third kappa shape index (κ3) is 1.50. The minimum Gasteiger partial charge on any atom is -0.429 e. The number of aryl methyl sites for hydroxylation is 1. The zero-order valence-corrected chi connectivity index (χ0v) is 5.46. The summed E-state index contributed by atoms with van der Waals surface area (Å²) in [5, 5.41) is 1.74. The Morgan fingerprint density at radius 2 is 2.44 bits per heavy atom. The first kappa shape index (κ1) is 6.23. The molecule has 0 aliphatic carbocycles. The minimum absolute atomic E-state index is 0.940. The summed E-state index contributed by atoms with van der Waals surface area (Å²) in [5.41, 5.74) is 1.22. The molecule has 1 heterocycles. The third-order valence-corrected chi connectivity index (χ3v) is 1.15. The summed E-state index contributed by atoms with van der Waals surface area (Å²) in [6.45, 7) is 2.04. The Balaban J connectivity index is 2.94. The molecule has 9 heavy (non-hydrogen) atoms. The van der Waals surface area contributed by atoms with Crippen LogP contribution in [0.3, 0.4) is 0 Å². The van der Waals surface area contributed by atoms with Gasteiger partial charge < -0.3 is 5.32 Å². The summed E-state index contributed by atoms with van der Waals surface area (Å²) in [5.74, 6) is 0.940. The summed E-state index contributed by atoms with van der Waals surface area (Å²) in [6.07, 6.45) is 1.78. The number of nitrogens with two attached hydrogens (primary N) is 1. The molecule has 2 N–H and O–H groups in total. The summed E-state index contributed by atoms with van der Waals surface area (Å²) in [4.78, 5) is 4.04. The largest absolute Gasteiger partial charge is 0.429 e. The Morgan fingerprint density at radius 3 is 2.89 bits per heavy atom. The number of nitrogens with zero attached hydrogens (tertiary/aromatic N) is 1. The zero-order valence-electron chi connectivity index (χ0n) is 5.46. The maximum atomic E-state index is 4.04. The van der Waals surface area contributed by atoms with Crippen LogP contribution in [0.1, 0.15) is 5.56 Å². The van der Waals surface area contributed by atoms with E-state index in [4.69, 9.17) is 0 Å². The van der Waals surface area contributed by atoms with Crippen LogP contribution in [0.2, 0.25) is 0 Å². The van der Waals surface area contributed by atoms with Gasteiger partial charge in [0.1, 0.15) is 0 Å². The van der Waals surface area contributed by atoms with Crippen molar-refractivity contribution in [2.75, 3.05) is 0 Å². The van der Waals surface area contributed by atoms with Gasteiger partial charge in [-0.05, 0) is 18.6 Å². The molecule has 0 radical (unpaired) electrons. The number of aromatic nitrogens is 1. The van der Waals surface area contributed by atoms with Gasteiger partial charge in [0.15, 0.2) is 5.82 Å².